The van der Waals surface area contributed by atoms with E-state index >= 15 is 0 Å². The average Bonchev–Trinajstić information content (AvgIpc) is 2.76. The van der Waals surface area contributed by atoms with Gasteiger partial charge in [0.1, 0.15) is 0 Å². The Balaban J connectivity index is 1.88. The fourth-order valence-electron chi connectivity index (χ4n) is 4.20. The molecule has 2 unspecified atom stereocenters. The summed E-state index contributed by atoms with van der Waals surface area (Å²) in [5, 5.41) is 0. The van der Waals surface area contributed by atoms with Gasteiger partial charge in [-0.3, -0.25) is 4.79 Å². The van der Waals surface area contributed by atoms with Crippen LogP contribution in [0.25, 0.3) is 0 Å². The van der Waals surface area contributed by atoms with Gasteiger partial charge in [-0.15, -0.1) is 0 Å². The van der Waals surface area contributed by atoms with E-state index in [9.17, 15) is 4.79 Å². The standard InChI is InChI=1S/C29H26O/c1-21-11-9-17-25(19-21)27(23-13-5-3-6-14-23)29(30)28(24-15-7-4-8-16-24)26-18-10-12-22(2)20-26/h3-20,27-28H,1-2H3. The van der Waals surface area contributed by atoms with Crippen LogP contribution in [-0.2, 0) is 4.79 Å². The molecule has 0 amide bonds. The van der Waals surface area contributed by atoms with E-state index < -0.39 is 0 Å². The molecule has 0 aliphatic heterocycles. The molecular weight excluding hydrogens is 364 g/mol. The van der Waals surface area contributed by atoms with Gasteiger partial charge < -0.3 is 0 Å². The van der Waals surface area contributed by atoms with E-state index in [1.807, 2.05) is 48.5 Å². The highest BCUT2D eigenvalue weighted by molar-refractivity contribution is 5.97. The van der Waals surface area contributed by atoms with Gasteiger partial charge in [0.15, 0.2) is 5.78 Å². The average molecular weight is 391 g/mol. The van der Waals surface area contributed by atoms with Gasteiger partial charge in [-0.1, -0.05) is 120 Å². The Morgan fingerprint density at radius 1 is 0.500 bits per heavy atom. The van der Waals surface area contributed by atoms with Crippen molar-refractivity contribution in [2.75, 3.05) is 0 Å². The third-order valence-corrected chi connectivity index (χ3v) is 5.59. The van der Waals surface area contributed by atoms with Crippen LogP contribution in [0.4, 0.5) is 0 Å². The molecule has 0 N–H and O–H groups in total. The van der Waals surface area contributed by atoms with Crippen molar-refractivity contribution in [3.8, 4) is 0 Å². The molecule has 4 aromatic carbocycles. The Labute approximate surface area is 179 Å². The number of rotatable bonds is 6. The largest absolute Gasteiger partial charge is 0.298 e. The monoisotopic (exact) mass is 390 g/mol. The lowest BCUT2D eigenvalue weighted by Gasteiger charge is -2.25. The Bertz CT molecular complexity index is 1040. The maximum atomic E-state index is 14.3. The Hall–Kier alpha value is -3.45. The summed E-state index contributed by atoms with van der Waals surface area (Å²) >= 11 is 0. The number of aryl methyl sites for hydroxylation is 2. The molecule has 4 rings (SSSR count). The summed E-state index contributed by atoms with van der Waals surface area (Å²) in [7, 11) is 0. The summed E-state index contributed by atoms with van der Waals surface area (Å²) in [6.07, 6.45) is 0. The molecule has 0 bridgehead atoms. The molecule has 0 aliphatic carbocycles. The lowest BCUT2D eigenvalue weighted by Crippen LogP contribution is -2.23. The van der Waals surface area contributed by atoms with Crippen molar-refractivity contribution in [3.63, 3.8) is 0 Å². The second kappa shape index (κ2) is 8.92. The normalized spacial score (nSPS) is 12.9. The van der Waals surface area contributed by atoms with Crippen molar-refractivity contribution in [1.29, 1.82) is 0 Å². The molecule has 0 saturated heterocycles. The summed E-state index contributed by atoms with van der Waals surface area (Å²) in [4.78, 5) is 14.3. The number of carbonyl (C=O) groups is 1. The van der Waals surface area contributed by atoms with Crippen LogP contribution in [0.15, 0.2) is 109 Å². The number of ketones is 1. The van der Waals surface area contributed by atoms with E-state index in [0.29, 0.717) is 0 Å². The van der Waals surface area contributed by atoms with E-state index in [1.165, 1.54) is 0 Å². The summed E-state index contributed by atoms with van der Waals surface area (Å²) < 4.78 is 0. The van der Waals surface area contributed by atoms with Crippen LogP contribution in [0.2, 0.25) is 0 Å². The van der Waals surface area contributed by atoms with Crippen molar-refractivity contribution in [1.82, 2.24) is 0 Å². The van der Waals surface area contributed by atoms with Crippen LogP contribution < -0.4 is 0 Å². The Kier molecular flexibility index (Phi) is 5.90. The SMILES string of the molecule is Cc1cccc(C(C(=O)C(c2ccccc2)c2cccc(C)c2)c2ccccc2)c1. The number of Topliss-reactive ketones (excluding diaryl/α,β-unsaturated/α-hetero) is 1. The molecule has 0 heterocycles. The van der Waals surface area contributed by atoms with Crippen molar-refractivity contribution in [3.05, 3.63) is 143 Å². The molecule has 0 fully saturated rings. The third kappa shape index (κ3) is 4.26. The van der Waals surface area contributed by atoms with E-state index in [1.54, 1.807) is 0 Å². The van der Waals surface area contributed by atoms with Gasteiger partial charge in [-0.25, -0.2) is 0 Å². The van der Waals surface area contributed by atoms with Crippen molar-refractivity contribution < 1.29 is 4.79 Å². The van der Waals surface area contributed by atoms with Crippen LogP contribution >= 0.6 is 0 Å². The van der Waals surface area contributed by atoms with E-state index in [4.69, 9.17) is 0 Å². The first-order valence-electron chi connectivity index (χ1n) is 10.4. The lowest BCUT2D eigenvalue weighted by atomic mass is 9.76. The van der Waals surface area contributed by atoms with Gasteiger partial charge >= 0.3 is 0 Å². The minimum atomic E-state index is -0.322. The number of carbonyl (C=O) groups excluding carboxylic acids is 1. The quantitative estimate of drug-likeness (QED) is 0.352. The molecule has 0 radical (unpaired) electrons. The second-order valence-corrected chi connectivity index (χ2v) is 7.92. The van der Waals surface area contributed by atoms with Gasteiger partial charge in [-0.05, 0) is 36.1 Å². The molecular formula is C29H26O. The van der Waals surface area contributed by atoms with Gasteiger partial charge in [-0.2, -0.15) is 0 Å². The maximum absolute atomic E-state index is 14.3. The van der Waals surface area contributed by atoms with Crippen LogP contribution in [0, 0.1) is 13.8 Å². The second-order valence-electron chi connectivity index (χ2n) is 7.92. The first kappa shape index (κ1) is 19.8. The molecule has 0 spiro atoms. The zero-order chi connectivity index (χ0) is 20.9. The lowest BCUT2D eigenvalue weighted by molar-refractivity contribution is -0.120. The summed E-state index contributed by atoms with van der Waals surface area (Å²) in [5.74, 6) is -0.447. The highest BCUT2D eigenvalue weighted by atomic mass is 16.1. The molecule has 1 nitrogen and oxygen atoms in total. The van der Waals surface area contributed by atoms with Gasteiger partial charge in [0.05, 0.1) is 11.8 Å². The third-order valence-electron chi connectivity index (χ3n) is 5.59. The minimum Gasteiger partial charge on any atom is -0.298 e. The van der Waals surface area contributed by atoms with Gasteiger partial charge in [0, 0.05) is 0 Å². The van der Waals surface area contributed by atoms with Crippen LogP contribution in [0.1, 0.15) is 45.2 Å². The first-order chi connectivity index (χ1) is 14.6. The molecule has 0 aromatic heterocycles. The smallest absolute Gasteiger partial charge is 0.156 e. The van der Waals surface area contributed by atoms with E-state index in [2.05, 4.69) is 74.5 Å². The zero-order valence-electron chi connectivity index (χ0n) is 17.5. The van der Waals surface area contributed by atoms with Gasteiger partial charge in [0.2, 0.25) is 0 Å². The van der Waals surface area contributed by atoms with Crippen LogP contribution in [0.5, 0.6) is 0 Å². The number of hydrogen-bond donors (Lipinski definition) is 0. The summed E-state index contributed by atoms with van der Waals surface area (Å²) in [5.41, 5.74) is 6.46. The fourth-order valence-corrected chi connectivity index (χ4v) is 4.20. The summed E-state index contributed by atoms with van der Waals surface area (Å²) in [6.45, 7) is 4.15. The molecule has 1 heteroatoms. The molecule has 4 aromatic rings. The molecule has 148 valence electrons. The predicted octanol–water partition coefficient (Wildman–Crippen LogP) is 6.84. The molecule has 2 atom stereocenters. The van der Waals surface area contributed by atoms with E-state index in [-0.39, 0.29) is 17.6 Å². The highest BCUT2D eigenvalue weighted by Crippen LogP contribution is 2.36. The predicted molar refractivity (Wildman–Crippen MR) is 124 cm³/mol. The fraction of sp³-hybridized carbons (Fsp3) is 0.138. The van der Waals surface area contributed by atoms with Crippen molar-refractivity contribution in [2.45, 2.75) is 25.7 Å². The van der Waals surface area contributed by atoms with Crippen molar-refractivity contribution >= 4 is 5.78 Å². The molecule has 0 aliphatic rings. The van der Waals surface area contributed by atoms with Crippen LogP contribution in [0.3, 0.4) is 0 Å². The minimum absolute atomic E-state index is 0.198. The zero-order valence-corrected chi connectivity index (χ0v) is 17.5. The van der Waals surface area contributed by atoms with Crippen LogP contribution in [-0.4, -0.2) is 5.78 Å². The highest BCUT2D eigenvalue weighted by Gasteiger charge is 2.31. The Morgan fingerprint density at radius 2 is 0.867 bits per heavy atom. The summed E-state index contributed by atoms with van der Waals surface area (Å²) in [6, 6.07) is 36.9. The first-order valence-corrected chi connectivity index (χ1v) is 10.4. The Morgan fingerprint density at radius 3 is 1.23 bits per heavy atom. The molecule has 0 saturated carbocycles. The van der Waals surface area contributed by atoms with E-state index in [0.717, 1.165) is 33.4 Å². The number of hydrogen-bond acceptors (Lipinski definition) is 1. The maximum Gasteiger partial charge on any atom is 0.156 e. The van der Waals surface area contributed by atoms with Crippen molar-refractivity contribution in [2.24, 2.45) is 0 Å². The molecule has 30 heavy (non-hydrogen) atoms. The topological polar surface area (TPSA) is 17.1 Å². The van der Waals surface area contributed by atoms with Gasteiger partial charge in [0.25, 0.3) is 0 Å². The number of benzene rings is 4.